The van der Waals surface area contributed by atoms with Crippen molar-refractivity contribution in [1.82, 2.24) is 20.0 Å². The van der Waals surface area contributed by atoms with E-state index in [-0.39, 0.29) is 23.1 Å². The molecule has 8 nitrogen and oxygen atoms in total. The molecule has 0 aliphatic carbocycles. The van der Waals surface area contributed by atoms with Crippen molar-refractivity contribution in [1.29, 1.82) is 0 Å². The van der Waals surface area contributed by atoms with E-state index in [0.29, 0.717) is 37.3 Å². The van der Waals surface area contributed by atoms with Crippen LogP contribution < -0.4 is 5.32 Å². The number of likely N-dealkylation sites (tertiary alicyclic amines) is 1. The molecule has 0 bridgehead atoms. The maximum atomic E-state index is 13.9. The number of halogens is 1. The Balaban J connectivity index is 1.21. The number of aromatic nitrogens is 3. The van der Waals surface area contributed by atoms with Gasteiger partial charge in [0.25, 0.3) is 11.8 Å². The predicted molar refractivity (Wildman–Crippen MR) is 115 cm³/mol. The number of nitrogens with zero attached hydrogens (tertiary/aromatic N) is 3. The summed E-state index contributed by atoms with van der Waals surface area (Å²) in [6.07, 6.45) is 2.91. The number of nitrogens with one attached hydrogen (secondary N) is 2. The van der Waals surface area contributed by atoms with Gasteiger partial charge >= 0.3 is 0 Å². The first-order chi connectivity index (χ1) is 15.6. The second kappa shape index (κ2) is 8.26. The van der Waals surface area contributed by atoms with E-state index in [1.807, 2.05) is 6.07 Å². The Morgan fingerprint density at radius 2 is 1.94 bits per heavy atom. The summed E-state index contributed by atoms with van der Waals surface area (Å²) in [5, 5.41) is 6.86. The molecule has 0 atom stereocenters. The molecule has 1 fully saturated rings. The highest BCUT2D eigenvalue weighted by molar-refractivity contribution is 6.03. The van der Waals surface area contributed by atoms with Crippen molar-refractivity contribution in [2.45, 2.75) is 18.8 Å². The Morgan fingerprint density at radius 3 is 2.75 bits per heavy atom. The molecule has 0 radical (unpaired) electrons. The molecule has 1 saturated heterocycles. The molecule has 0 unspecified atom stereocenters. The molecule has 3 heterocycles. The summed E-state index contributed by atoms with van der Waals surface area (Å²) >= 11 is 0. The molecule has 4 aromatic rings. The third-order valence-electron chi connectivity index (χ3n) is 5.73. The standard InChI is InChI=1S/C23H20FN5O3/c24-17-4-2-1-3-16(17)23(31)29-9-7-14(8-10-29)19-12-21(32-28-19)22(30)27-15-5-6-18-20(11-15)26-13-25-18/h1-6,11-14H,7-10H2,(H,25,26)(H,27,30). The Bertz CT molecular complexity index is 1290. The van der Waals surface area contributed by atoms with Gasteiger partial charge in [0.15, 0.2) is 0 Å². The Hall–Kier alpha value is -4.01. The second-order valence-electron chi connectivity index (χ2n) is 7.75. The lowest BCUT2D eigenvalue weighted by Gasteiger charge is -2.31. The van der Waals surface area contributed by atoms with Crippen LogP contribution in [-0.4, -0.2) is 44.9 Å². The van der Waals surface area contributed by atoms with Crippen LogP contribution in [0.5, 0.6) is 0 Å². The minimum Gasteiger partial charge on any atom is -0.351 e. The first-order valence-electron chi connectivity index (χ1n) is 10.3. The maximum Gasteiger partial charge on any atom is 0.294 e. The van der Waals surface area contributed by atoms with Gasteiger partial charge in [-0.2, -0.15) is 0 Å². The molecule has 2 N–H and O–H groups in total. The summed E-state index contributed by atoms with van der Waals surface area (Å²) in [6, 6.07) is 13.0. The van der Waals surface area contributed by atoms with Gasteiger partial charge in [-0.1, -0.05) is 17.3 Å². The van der Waals surface area contributed by atoms with E-state index < -0.39 is 11.7 Å². The third kappa shape index (κ3) is 3.84. The molecular weight excluding hydrogens is 413 g/mol. The molecule has 2 amide bonds. The summed E-state index contributed by atoms with van der Waals surface area (Å²) < 4.78 is 19.2. The lowest BCUT2D eigenvalue weighted by atomic mass is 9.93. The minimum atomic E-state index is -0.515. The smallest absolute Gasteiger partial charge is 0.294 e. The van der Waals surface area contributed by atoms with Gasteiger partial charge in [0.1, 0.15) is 5.82 Å². The Kier molecular flexibility index (Phi) is 5.14. The van der Waals surface area contributed by atoms with Crippen LogP contribution in [0.4, 0.5) is 10.1 Å². The molecule has 1 aliphatic rings. The van der Waals surface area contributed by atoms with Crippen LogP contribution in [0.1, 0.15) is 45.4 Å². The van der Waals surface area contributed by atoms with Crippen LogP contribution in [0.3, 0.4) is 0 Å². The Labute approximate surface area is 182 Å². The number of hydrogen-bond donors (Lipinski definition) is 2. The predicted octanol–water partition coefficient (Wildman–Crippen LogP) is 3.96. The zero-order valence-electron chi connectivity index (χ0n) is 17.0. The number of fused-ring (bicyclic) bond motifs is 1. The highest BCUT2D eigenvalue weighted by Crippen LogP contribution is 2.29. The van der Waals surface area contributed by atoms with E-state index >= 15 is 0 Å². The number of H-pyrrole nitrogens is 1. The van der Waals surface area contributed by atoms with Crippen molar-refractivity contribution in [3.63, 3.8) is 0 Å². The minimum absolute atomic E-state index is 0.0614. The van der Waals surface area contributed by atoms with Crippen molar-refractivity contribution in [2.75, 3.05) is 18.4 Å². The second-order valence-corrected chi connectivity index (χ2v) is 7.75. The van der Waals surface area contributed by atoms with Gasteiger partial charge in [0.05, 0.1) is 28.6 Å². The summed E-state index contributed by atoms with van der Waals surface area (Å²) in [6.45, 7) is 0.965. The van der Waals surface area contributed by atoms with Crippen LogP contribution in [0.15, 0.2) is 59.4 Å². The van der Waals surface area contributed by atoms with Crippen LogP contribution in [0.25, 0.3) is 11.0 Å². The largest absolute Gasteiger partial charge is 0.351 e. The van der Waals surface area contributed by atoms with E-state index in [1.54, 1.807) is 41.6 Å². The number of hydrogen-bond acceptors (Lipinski definition) is 5. The maximum absolute atomic E-state index is 13.9. The van der Waals surface area contributed by atoms with Crippen molar-refractivity contribution in [3.05, 3.63) is 77.7 Å². The van der Waals surface area contributed by atoms with Crippen molar-refractivity contribution in [2.24, 2.45) is 0 Å². The zero-order valence-corrected chi connectivity index (χ0v) is 17.0. The van der Waals surface area contributed by atoms with Crippen LogP contribution in [0.2, 0.25) is 0 Å². The summed E-state index contributed by atoms with van der Waals surface area (Å²) in [5.41, 5.74) is 3.00. The van der Waals surface area contributed by atoms with E-state index in [4.69, 9.17) is 4.52 Å². The molecular formula is C23H20FN5O3. The number of amides is 2. The van der Waals surface area contributed by atoms with Gasteiger partial charge in [-0.25, -0.2) is 9.37 Å². The highest BCUT2D eigenvalue weighted by Gasteiger charge is 2.28. The number of anilines is 1. The number of imidazole rings is 1. The molecule has 0 saturated carbocycles. The summed E-state index contributed by atoms with van der Waals surface area (Å²) in [7, 11) is 0. The van der Waals surface area contributed by atoms with Gasteiger partial charge in [-0.15, -0.1) is 0 Å². The molecule has 2 aromatic heterocycles. The number of piperidine rings is 1. The molecule has 1 aliphatic heterocycles. The van der Waals surface area contributed by atoms with E-state index in [1.165, 1.54) is 12.1 Å². The van der Waals surface area contributed by atoms with Gasteiger partial charge in [-0.3, -0.25) is 9.59 Å². The van der Waals surface area contributed by atoms with E-state index in [2.05, 4.69) is 20.4 Å². The van der Waals surface area contributed by atoms with Crippen LogP contribution >= 0.6 is 0 Å². The molecule has 9 heteroatoms. The van der Waals surface area contributed by atoms with Crippen molar-refractivity contribution < 1.29 is 18.5 Å². The molecule has 32 heavy (non-hydrogen) atoms. The number of carbonyl (C=O) groups excluding carboxylic acids is 2. The van der Waals surface area contributed by atoms with E-state index in [9.17, 15) is 14.0 Å². The first kappa shape index (κ1) is 19.9. The monoisotopic (exact) mass is 433 g/mol. The van der Waals surface area contributed by atoms with E-state index in [0.717, 1.165) is 11.0 Å². The van der Waals surface area contributed by atoms with Gasteiger partial charge in [0, 0.05) is 30.8 Å². The SMILES string of the molecule is O=C(Nc1ccc2nc[nH]c2c1)c1cc(C2CCN(C(=O)c3ccccc3F)CC2)no1. The van der Waals surface area contributed by atoms with Gasteiger partial charge in [-0.05, 0) is 43.2 Å². The topological polar surface area (TPSA) is 104 Å². The summed E-state index contributed by atoms with van der Waals surface area (Å²) in [4.78, 5) is 33.9. The fourth-order valence-electron chi connectivity index (χ4n) is 3.98. The Morgan fingerprint density at radius 1 is 1.12 bits per heavy atom. The number of rotatable bonds is 4. The lowest BCUT2D eigenvalue weighted by molar-refractivity contribution is 0.0706. The molecule has 5 rings (SSSR count). The third-order valence-corrected chi connectivity index (χ3v) is 5.73. The highest BCUT2D eigenvalue weighted by atomic mass is 19.1. The van der Waals surface area contributed by atoms with Crippen LogP contribution in [-0.2, 0) is 0 Å². The fourth-order valence-corrected chi connectivity index (χ4v) is 3.98. The van der Waals surface area contributed by atoms with Crippen molar-refractivity contribution >= 4 is 28.5 Å². The van der Waals surface area contributed by atoms with Gasteiger partial charge < -0.3 is 19.7 Å². The number of aromatic amines is 1. The summed E-state index contributed by atoms with van der Waals surface area (Å²) in [5.74, 6) is -1.04. The van der Waals surface area contributed by atoms with Crippen LogP contribution in [0, 0.1) is 5.82 Å². The van der Waals surface area contributed by atoms with Crippen molar-refractivity contribution in [3.8, 4) is 0 Å². The normalized spacial score (nSPS) is 14.6. The first-order valence-corrected chi connectivity index (χ1v) is 10.3. The number of carbonyl (C=O) groups is 2. The molecule has 162 valence electrons. The average molecular weight is 433 g/mol. The average Bonchev–Trinajstić information content (AvgIpc) is 3.49. The number of benzene rings is 2. The lowest BCUT2D eigenvalue weighted by Crippen LogP contribution is -2.38. The fraction of sp³-hybridized carbons (Fsp3) is 0.217. The van der Waals surface area contributed by atoms with Gasteiger partial charge in [0.2, 0.25) is 5.76 Å². The molecule has 2 aromatic carbocycles. The zero-order chi connectivity index (χ0) is 22.1. The molecule has 0 spiro atoms. The quantitative estimate of drug-likeness (QED) is 0.507.